The number of hydrazine groups is 1. The Kier molecular flexibility index (Phi) is 20.4. The Balaban J connectivity index is 0.000000277. The van der Waals surface area contributed by atoms with Crippen molar-refractivity contribution in [3.8, 4) is 0 Å². The van der Waals surface area contributed by atoms with Crippen LogP contribution in [0.3, 0.4) is 0 Å². The highest BCUT2D eigenvalue weighted by Gasteiger charge is 2.42. The Morgan fingerprint density at radius 3 is 1.77 bits per heavy atom. The molecular formula is C48H65N5O11. The van der Waals surface area contributed by atoms with Crippen molar-refractivity contribution in [3.05, 3.63) is 107 Å². The van der Waals surface area contributed by atoms with E-state index >= 15 is 0 Å². The van der Waals surface area contributed by atoms with E-state index in [4.69, 9.17) is 9.47 Å². The summed E-state index contributed by atoms with van der Waals surface area (Å²) in [4.78, 5) is 76.5. The molecule has 3 aliphatic rings. The Hall–Kier alpha value is -5.68. The molecule has 0 unspecified atom stereocenters. The second kappa shape index (κ2) is 25.6. The number of amides is 2. The average molecular weight is 888 g/mol. The van der Waals surface area contributed by atoms with Crippen molar-refractivity contribution in [2.75, 3.05) is 32.8 Å². The lowest BCUT2D eigenvalue weighted by Gasteiger charge is -2.42. The summed E-state index contributed by atoms with van der Waals surface area (Å²) < 4.78 is 10.5. The van der Waals surface area contributed by atoms with Gasteiger partial charge in [0.05, 0.1) is 25.3 Å². The van der Waals surface area contributed by atoms with Gasteiger partial charge in [0.15, 0.2) is 0 Å². The van der Waals surface area contributed by atoms with Crippen molar-refractivity contribution >= 4 is 35.7 Å². The van der Waals surface area contributed by atoms with Gasteiger partial charge in [0, 0.05) is 19.1 Å². The van der Waals surface area contributed by atoms with Gasteiger partial charge in [0.2, 0.25) is 5.91 Å². The number of rotatable bonds is 19. The summed E-state index contributed by atoms with van der Waals surface area (Å²) in [5.74, 6) is -3.43. The van der Waals surface area contributed by atoms with E-state index in [1.807, 2.05) is 89.9 Å². The molecule has 1 aliphatic carbocycles. The van der Waals surface area contributed by atoms with Crippen LogP contribution in [0.5, 0.6) is 0 Å². The Morgan fingerprint density at radius 2 is 1.25 bits per heavy atom. The molecular weight excluding hydrogens is 823 g/mol. The van der Waals surface area contributed by atoms with Gasteiger partial charge in [-0.25, -0.2) is 9.80 Å². The van der Waals surface area contributed by atoms with E-state index in [1.165, 1.54) is 9.91 Å². The topological polar surface area (TPSA) is 227 Å². The monoisotopic (exact) mass is 887 g/mol. The maximum Gasteiger partial charge on any atom is 0.328 e. The van der Waals surface area contributed by atoms with Crippen LogP contribution in [0.2, 0.25) is 0 Å². The van der Waals surface area contributed by atoms with Gasteiger partial charge >= 0.3 is 23.9 Å². The molecule has 16 nitrogen and oxygen atoms in total. The number of fused-ring (bicyclic) bond motifs is 2. The van der Waals surface area contributed by atoms with E-state index in [1.54, 1.807) is 20.8 Å². The number of aryl methyl sites for hydroxylation is 2. The third-order valence-corrected chi connectivity index (χ3v) is 11.8. The largest absolute Gasteiger partial charge is 0.480 e. The first kappa shape index (κ1) is 51.0. The summed E-state index contributed by atoms with van der Waals surface area (Å²) in [6.07, 6.45) is 6.03. The van der Waals surface area contributed by atoms with E-state index in [0.29, 0.717) is 64.5 Å². The second-order valence-electron chi connectivity index (χ2n) is 16.2. The molecule has 6 N–H and O–H groups in total. The molecule has 0 saturated carbocycles. The third kappa shape index (κ3) is 14.4. The first-order valence-electron chi connectivity index (χ1n) is 22.2. The number of carboxylic acids is 2. The Labute approximate surface area is 375 Å². The highest BCUT2D eigenvalue weighted by Crippen LogP contribution is 2.27. The van der Waals surface area contributed by atoms with Gasteiger partial charge in [-0.1, -0.05) is 84.9 Å². The normalized spacial score (nSPS) is 18.6. The van der Waals surface area contributed by atoms with Crippen molar-refractivity contribution in [3.63, 3.8) is 0 Å². The van der Waals surface area contributed by atoms with Crippen LogP contribution in [0.4, 0.5) is 0 Å². The van der Waals surface area contributed by atoms with Crippen molar-refractivity contribution in [1.82, 2.24) is 25.6 Å². The van der Waals surface area contributed by atoms with Crippen LogP contribution in [0.15, 0.2) is 84.9 Å². The zero-order valence-corrected chi connectivity index (χ0v) is 37.2. The number of nitrogens with one attached hydrogen (secondary N) is 2. The summed E-state index contributed by atoms with van der Waals surface area (Å²) in [5, 5.41) is 28.7. The Morgan fingerprint density at radius 1 is 0.750 bits per heavy atom. The summed E-state index contributed by atoms with van der Waals surface area (Å²) in [5.41, 5.74) is 4.47. The third-order valence-electron chi connectivity index (χ3n) is 11.8. The number of hydrogen-bond donors (Lipinski definition) is 4. The molecule has 2 aliphatic heterocycles. The van der Waals surface area contributed by atoms with Crippen LogP contribution in [-0.2, 0) is 63.9 Å². The number of nitrogens with zero attached hydrogens (tertiary/aromatic N) is 3. The van der Waals surface area contributed by atoms with E-state index in [-0.39, 0.29) is 49.1 Å². The molecule has 2 saturated heterocycles. The lowest BCUT2D eigenvalue weighted by atomic mass is 10.0. The highest BCUT2D eigenvalue weighted by molar-refractivity contribution is 5.88. The fourth-order valence-corrected chi connectivity index (χ4v) is 8.64. The molecule has 0 aromatic heterocycles. The molecule has 0 spiro atoms. The molecule has 348 valence electrons. The van der Waals surface area contributed by atoms with Crippen molar-refractivity contribution in [1.29, 1.82) is 0 Å². The number of carbonyl (C=O) groups excluding carboxylic acids is 4. The van der Waals surface area contributed by atoms with E-state index < -0.39 is 48.1 Å². The first-order valence-corrected chi connectivity index (χ1v) is 22.2. The minimum atomic E-state index is -1.06. The van der Waals surface area contributed by atoms with Crippen LogP contribution >= 0.6 is 0 Å². The van der Waals surface area contributed by atoms with Gasteiger partial charge in [-0.2, -0.15) is 0 Å². The number of carbonyl (C=O) groups is 6. The lowest BCUT2D eigenvalue weighted by molar-refractivity contribution is -0.174. The van der Waals surface area contributed by atoms with Crippen molar-refractivity contribution < 1.29 is 53.9 Å². The molecule has 0 radical (unpaired) electrons. The molecule has 2 heterocycles. The molecule has 64 heavy (non-hydrogen) atoms. The van der Waals surface area contributed by atoms with Gasteiger partial charge in [0.25, 0.3) is 5.91 Å². The average Bonchev–Trinajstić information content (AvgIpc) is 3.65. The zero-order chi connectivity index (χ0) is 45.3. The molecule has 6 rings (SSSR count). The molecule has 5 atom stereocenters. The summed E-state index contributed by atoms with van der Waals surface area (Å²) in [6.45, 7) is 6.63. The highest BCUT2D eigenvalue weighted by atomic mass is 16.5. The van der Waals surface area contributed by atoms with Crippen molar-refractivity contribution in [2.45, 2.75) is 121 Å². The van der Waals surface area contributed by atoms with E-state index in [0.717, 1.165) is 35.1 Å². The molecule has 0 bridgehead atoms. The number of carboxylic acid groups (broad SMARTS) is 2. The van der Waals surface area contributed by atoms with Crippen molar-refractivity contribution in [2.24, 2.45) is 0 Å². The van der Waals surface area contributed by atoms with Gasteiger partial charge in [-0.15, -0.1) is 0 Å². The Bertz CT molecular complexity index is 1960. The lowest BCUT2D eigenvalue weighted by Crippen LogP contribution is -2.61. The fourth-order valence-electron chi connectivity index (χ4n) is 8.64. The molecule has 16 heteroatoms. The number of hydrogen-bond acceptors (Lipinski definition) is 11. The standard InChI is InChI=1S/C26H32N2O5.C22H31N3O5.H2O/c1-3-33-26(32)23(14-13-19-9-5-4-6-10-19)27-18(2)25(31)28(17-24(29)30)22-15-20-11-7-8-12-21(20)16-22;1-2-30-22(29)18(13-12-16-8-4-3-5-9-16)23-17-10-6-14-24-15-7-11-19(21(27)28)25(24)20(17)26;/h4-12,18,22-23,27H,3,13-17H2,1-2H3,(H,29,30);3-5,8-9,17-19,23H,2,6-7,10-15H2,1H3,(H,27,28);1H2/t18-,23-;17-,18-,19-;/m00./s1. The number of esters is 2. The minimum absolute atomic E-state index is 0. The number of benzene rings is 3. The summed E-state index contributed by atoms with van der Waals surface area (Å²) in [6, 6.07) is 23.9. The minimum Gasteiger partial charge on any atom is -0.480 e. The first-order chi connectivity index (χ1) is 30.4. The van der Waals surface area contributed by atoms with Crippen LogP contribution in [-0.4, -0.2) is 135 Å². The fraction of sp³-hybridized carbons (Fsp3) is 0.500. The molecule has 2 amide bonds. The maximum absolute atomic E-state index is 13.4. The van der Waals surface area contributed by atoms with E-state index in [9.17, 15) is 39.0 Å². The molecule has 3 aromatic carbocycles. The molecule has 2 fully saturated rings. The quantitative estimate of drug-likeness (QED) is 0.127. The zero-order valence-electron chi connectivity index (χ0n) is 37.2. The van der Waals surface area contributed by atoms with Gasteiger partial charge < -0.3 is 30.1 Å². The summed E-state index contributed by atoms with van der Waals surface area (Å²) >= 11 is 0. The number of aliphatic carboxylic acids is 2. The van der Waals surface area contributed by atoms with Gasteiger partial charge in [0.1, 0.15) is 24.7 Å². The van der Waals surface area contributed by atoms with Crippen LogP contribution in [0.1, 0.15) is 81.5 Å². The van der Waals surface area contributed by atoms with Gasteiger partial charge in [-0.3, -0.25) is 39.6 Å². The second-order valence-corrected chi connectivity index (χ2v) is 16.2. The van der Waals surface area contributed by atoms with E-state index in [2.05, 4.69) is 10.6 Å². The predicted octanol–water partition coefficient (Wildman–Crippen LogP) is 3.38. The molecule has 3 aromatic rings. The van der Waals surface area contributed by atoms with Crippen LogP contribution in [0, 0.1) is 0 Å². The predicted molar refractivity (Wildman–Crippen MR) is 239 cm³/mol. The maximum atomic E-state index is 13.4. The smallest absolute Gasteiger partial charge is 0.328 e. The number of ether oxygens (including phenoxy) is 2. The van der Waals surface area contributed by atoms with Crippen LogP contribution < -0.4 is 10.6 Å². The SMILES string of the molecule is CCOC(=O)[C@H](CCc1ccccc1)N[C@@H](C)C(=O)N(CC(=O)O)C1Cc2ccccc2C1.CCOC(=O)[C@H](CCc1ccccc1)N[C@H]1CCCN2CCC[C@@H](C(=O)O)N2C1=O.O. The van der Waals surface area contributed by atoms with Crippen LogP contribution in [0.25, 0.3) is 0 Å². The summed E-state index contributed by atoms with van der Waals surface area (Å²) in [7, 11) is 0. The van der Waals surface area contributed by atoms with Gasteiger partial charge in [-0.05, 0) is 107 Å².